The number of aliphatic hydroxyl groups is 1. The van der Waals surface area contributed by atoms with Gasteiger partial charge in [-0.3, -0.25) is 0 Å². The lowest BCUT2D eigenvalue weighted by atomic mass is 10.2. The fourth-order valence-corrected chi connectivity index (χ4v) is 2.10. The first kappa shape index (κ1) is 6.38. The number of thiophene rings is 1. The third kappa shape index (κ3) is 0.879. The predicted octanol–water partition coefficient (Wildman–Crippen LogP) is 2.04. The summed E-state index contributed by atoms with van der Waals surface area (Å²) in [5, 5.41) is 11.7. The first-order valence-electron chi connectivity index (χ1n) is 3.49. The highest BCUT2D eigenvalue weighted by atomic mass is 32.1. The Morgan fingerprint density at radius 1 is 1.60 bits per heavy atom. The fourth-order valence-electron chi connectivity index (χ4n) is 1.04. The van der Waals surface area contributed by atoms with Crippen LogP contribution in [0.25, 0.3) is 0 Å². The highest BCUT2D eigenvalue weighted by Gasteiger charge is 2.43. The van der Waals surface area contributed by atoms with Gasteiger partial charge in [-0.25, -0.2) is 0 Å². The van der Waals surface area contributed by atoms with Crippen molar-refractivity contribution in [1.82, 2.24) is 0 Å². The lowest BCUT2D eigenvalue weighted by molar-refractivity contribution is 0.155. The third-order valence-corrected chi connectivity index (χ3v) is 3.15. The topological polar surface area (TPSA) is 20.2 Å². The van der Waals surface area contributed by atoms with E-state index in [0.29, 0.717) is 0 Å². The minimum atomic E-state index is -0.418. The Morgan fingerprint density at radius 3 is 2.70 bits per heavy atom. The van der Waals surface area contributed by atoms with Crippen LogP contribution in [0.15, 0.2) is 11.4 Å². The van der Waals surface area contributed by atoms with E-state index in [-0.39, 0.29) is 0 Å². The van der Waals surface area contributed by atoms with Crippen molar-refractivity contribution in [3.63, 3.8) is 0 Å². The minimum absolute atomic E-state index is 0.418. The van der Waals surface area contributed by atoms with Gasteiger partial charge in [-0.15, -0.1) is 11.3 Å². The first-order valence-corrected chi connectivity index (χ1v) is 4.37. The van der Waals surface area contributed by atoms with Crippen LogP contribution in [0.1, 0.15) is 23.3 Å². The second-order valence-electron chi connectivity index (χ2n) is 3.02. The van der Waals surface area contributed by atoms with Crippen LogP contribution < -0.4 is 0 Å². The van der Waals surface area contributed by atoms with Gasteiger partial charge in [0.1, 0.15) is 0 Å². The zero-order valence-electron chi connectivity index (χ0n) is 5.92. The lowest BCUT2D eigenvalue weighted by Crippen LogP contribution is -1.99. The van der Waals surface area contributed by atoms with Crippen molar-refractivity contribution in [2.75, 3.05) is 0 Å². The molecule has 1 aliphatic carbocycles. The summed E-state index contributed by atoms with van der Waals surface area (Å²) in [6.45, 7) is 2.06. The van der Waals surface area contributed by atoms with Gasteiger partial charge >= 0.3 is 0 Å². The minimum Gasteiger partial charge on any atom is -0.384 e. The Balaban J connectivity index is 2.34. The van der Waals surface area contributed by atoms with Crippen molar-refractivity contribution in [1.29, 1.82) is 0 Å². The van der Waals surface area contributed by atoms with Gasteiger partial charge in [0.15, 0.2) is 0 Å². The number of rotatable bonds is 1. The molecule has 0 amide bonds. The summed E-state index contributed by atoms with van der Waals surface area (Å²) in [6.07, 6.45) is 1.90. The first-order chi connectivity index (χ1) is 4.71. The summed E-state index contributed by atoms with van der Waals surface area (Å²) in [5.41, 5.74) is 0.846. The molecule has 0 spiro atoms. The summed E-state index contributed by atoms with van der Waals surface area (Å²) in [6, 6.07) is 2.08. The van der Waals surface area contributed by atoms with Crippen LogP contribution >= 0.6 is 11.3 Å². The van der Waals surface area contributed by atoms with Crippen LogP contribution in [-0.4, -0.2) is 5.11 Å². The van der Waals surface area contributed by atoms with Gasteiger partial charge in [0.05, 0.1) is 5.60 Å². The molecular formula is C8H10OS. The average molecular weight is 154 g/mol. The molecule has 1 N–H and O–H groups in total. The van der Waals surface area contributed by atoms with Crippen LogP contribution in [0.2, 0.25) is 0 Å². The largest absolute Gasteiger partial charge is 0.384 e. The normalized spacial score (nSPS) is 21.0. The van der Waals surface area contributed by atoms with E-state index in [0.717, 1.165) is 17.7 Å². The van der Waals surface area contributed by atoms with E-state index in [1.54, 1.807) is 11.3 Å². The summed E-state index contributed by atoms with van der Waals surface area (Å²) < 4.78 is 0. The number of hydrogen-bond donors (Lipinski definition) is 1. The molecule has 1 aliphatic rings. The van der Waals surface area contributed by atoms with E-state index >= 15 is 0 Å². The molecule has 10 heavy (non-hydrogen) atoms. The maximum atomic E-state index is 9.62. The molecule has 0 saturated heterocycles. The van der Waals surface area contributed by atoms with Crippen LogP contribution in [0.3, 0.4) is 0 Å². The van der Waals surface area contributed by atoms with Crippen LogP contribution in [0.5, 0.6) is 0 Å². The van der Waals surface area contributed by atoms with Crippen molar-refractivity contribution in [2.45, 2.75) is 25.4 Å². The maximum Gasteiger partial charge on any atom is 0.0990 e. The Labute approximate surface area is 64.3 Å². The van der Waals surface area contributed by atoms with Gasteiger partial charge in [0.2, 0.25) is 0 Å². The molecule has 0 unspecified atom stereocenters. The molecule has 0 bridgehead atoms. The van der Waals surface area contributed by atoms with Crippen molar-refractivity contribution in [2.24, 2.45) is 0 Å². The van der Waals surface area contributed by atoms with Crippen LogP contribution in [-0.2, 0) is 5.60 Å². The van der Waals surface area contributed by atoms with Crippen LogP contribution in [0, 0.1) is 6.92 Å². The monoisotopic (exact) mass is 154 g/mol. The molecule has 1 nitrogen and oxygen atoms in total. The molecule has 0 aliphatic heterocycles. The molecule has 1 aromatic rings. The summed E-state index contributed by atoms with van der Waals surface area (Å²) >= 11 is 1.67. The summed E-state index contributed by atoms with van der Waals surface area (Å²) in [5.74, 6) is 0. The fraction of sp³-hybridized carbons (Fsp3) is 0.500. The average Bonchev–Trinajstić information content (AvgIpc) is 2.45. The smallest absolute Gasteiger partial charge is 0.0990 e. The second-order valence-corrected chi connectivity index (χ2v) is 3.93. The predicted molar refractivity (Wildman–Crippen MR) is 42.2 cm³/mol. The molecular weight excluding hydrogens is 144 g/mol. The molecule has 1 aromatic heterocycles. The van der Waals surface area contributed by atoms with E-state index in [1.807, 2.05) is 0 Å². The Kier molecular flexibility index (Phi) is 1.17. The van der Waals surface area contributed by atoms with E-state index in [2.05, 4.69) is 18.4 Å². The number of hydrogen-bond acceptors (Lipinski definition) is 2. The molecule has 1 saturated carbocycles. The molecule has 0 radical (unpaired) electrons. The van der Waals surface area contributed by atoms with Gasteiger partial charge in [-0.05, 0) is 36.8 Å². The maximum absolute atomic E-state index is 9.62. The second kappa shape index (κ2) is 1.83. The Morgan fingerprint density at radius 2 is 2.30 bits per heavy atom. The molecule has 0 aromatic carbocycles. The Hall–Kier alpha value is -0.340. The Bertz CT molecular complexity index is 248. The van der Waals surface area contributed by atoms with Gasteiger partial charge in [0.25, 0.3) is 0 Å². The summed E-state index contributed by atoms with van der Waals surface area (Å²) in [7, 11) is 0. The lowest BCUT2D eigenvalue weighted by Gasteiger charge is -2.00. The van der Waals surface area contributed by atoms with Crippen LogP contribution in [0.4, 0.5) is 0 Å². The SMILES string of the molecule is Cc1csc(C2(O)CC2)c1. The van der Waals surface area contributed by atoms with Gasteiger partial charge in [0, 0.05) is 4.88 Å². The van der Waals surface area contributed by atoms with Crippen molar-refractivity contribution >= 4 is 11.3 Å². The van der Waals surface area contributed by atoms with Crippen molar-refractivity contribution in [3.8, 4) is 0 Å². The van der Waals surface area contributed by atoms with Crippen molar-refractivity contribution in [3.05, 3.63) is 21.9 Å². The van der Waals surface area contributed by atoms with Gasteiger partial charge < -0.3 is 5.11 Å². The molecule has 0 atom stereocenters. The zero-order valence-corrected chi connectivity index (χ0v) is 6.74. The van der Waals surface area contributed by atoms with Gasteiger partial charge in [-0.2, -0.15) is 0 Å². The molecule has 2 rings (SSSR count). The quantitative estimate of drug-likeness (QED) is 0.656. The highest BCUT2D eigenvalue weighted by Crippen LogP contribution is 2.47. The molecule has 2 heteroatoms. The highest BCUT2D eigenvalue weighted by molar-refractivity contribution is 7.10. The van der Waals surface area contributed by atoms with E-state index in [9.17, 15) is 5.11 Å². The molecule has 1 heterocycles. The zero-order chi connectivity index (χ0) is 7.19. The van der Waals surface area contributed by atoms with Gasteiger partial charge in [-0.1, -0.05) is 0 Å². The molecule has 1 fully saturated rings. The molecule has 54 valence electrons. The number of aryl methyl sites for hydroxylation is 1. The van der Waals surface area contributed by atoms with E-state index in [4.69, 9.17) is 0 Å². The van der Waals surface area contributed by atoms with Crippen molar-refractivity contribution < 1.29 is 5.11 Å². The van der Waals surface area contributed by atoms with E-state index < -0.39 is 5.60 Å². The third-order valence-electron chi connectivity index (χ3n) is 1.91. The summed E-state index contributed by atoms with van der Waals surface area (Å²) in [4.78, 5) is 1.14. The standard InChI is InChI=1S/C8H10OS/c1-6-4-7(10-5-6)8(9)2-3-8/h4-5,9H,2-3H2,1H3. The van der Waals surface area contributed by atoms with E-state index in [1.165, 1.54) is 5.56 Å².